The van der Waals surface area contributed by atoms with Gasteiger partial charge in [0, 0.05) is 4.47 Å². The minimum Gasteiger partial charge on any atom is -0.438 e. The average molecular weight is 359 g/mol. The van der Waals surface area contributed by atoms with E-state index < -0.39 is 0 Å². The van der Waals surface area contributed by atoms with E-state index in [1.807, 2.05) is 25.1 Å². The summed E-state index contributed by atoms with van der Waals surface area (Å²) in [6.45, 7) is 1.99. The molecular formula is C11H9Br2N3O. The number of hydrogen-bond donors (Lipinski definition) is 1. The van der Waals surface area contributed by atoms with E-state index >= 15 is 0 Å². The van der Waals surface area contributed by atoms with Gasteiger partial charge in [0.1, 0.15) is 5.75 Å². The summed E-state index contributed by atoms with van der Waals surface area (Å²) in [6.07, 6.45) is 1.56. The number of aromatic nitrogens is 2. The van der Waals surface area contributed by atoms with E-state index in [9.17, 15) is 0 Å². The van der Waals surface area contributed by atoms with Crippen LogP contribution in [0.3, 0.4) is 0 Å². The van der Waals surface area contributed by atoms with E-state index in [1.165, 1.54) is 0 Å². The molecule has 2 N–H and O–H groups in total. The fraction of sp³-hybridized carbons (Fsp3) is 0.0909. The van der Waals surface area contributed by atoms with E-state index in [2.05, 4.69) is 41.8 Å². The molecule has 2 rings (SSSR count). The van der Waals surface area contributed by atoms with Crippen molar-refractivity contribution in [2.24, 2.45) is 0 Å². The second-order valence-corrected chi connectivity index (χ2v) is 5.10. The molecule has 17 heavy (non-hydrogen) atoms. The molecule has 1 aromatic heterocycles. The largest absolute Gasteiger partial charge is 0.438 e. The summed E-state index contributed by atoms with van der Waals surface area (Å²) in [5.41, 5.74) is 6.59. The fourth-order valence-electron chi connectivity index (χ4n) is 1.23. The second kappa shape index (κ2) is 5.01. The average Bonchev–Trinajstić information content (AvgIpc) is 2.29. The molecule has 1 heterocycles. The highest BCUT2D eigenvalue weighted by molar-refractivity contribution is 9.10. The molecule has 0 saturated heterocycles. The van der Waals surface area contributed by atoms with Crippen molar-refractivity contribution >= 4 is 37.8 Å². The van der Waals surface area contributed by atoms with Gasteiger partial charge in [0.05, 0.1) is 10.7 Å². The van der Waals surface area contributed by atoms with Crippen molar-refractivity contribution in [3.63, 3.8) is 0 Å². The van der Waals surface area contributed by atoms with Crippen LogP contribution in [0.4, 0.5) is 5.95 Å². The minimum absolute atomic E-state index is 0.178. The Balaban J connectivity index is 2.31. The first kappa shape index (κ1) is 12.3. The summed E-state index contributed by atoms with van der Waals surface area (Å²) in [5, 5.41) is 0. The van der Waals surface area contributed by atoms with E-state index in [0.717, 1.165) is 10.0 Å². The molecule has 0 aliphatic heterocycles. The highest BCUT2D eigenvalue weighted by Gasteiger charge is 2.07. The number of nitrogens with zero attached hydrogens (tertiary/aromatic N) is 2. The van der Waals surface area contributed by atoms with Crippen molar-refractivity contribution < 1.29 is 4.74 Å². The highest BCUT2D eigenvalue weighted by atomic mass is 79.9. The molecule has 0 atom stereocenters. The lowest BCUT2D eigenvalue weighted by molar-refractivity contribution is 0.458. The van der Waals surface area contributed by atoms with Gasteiger partial charge in [-0.1, -0.05) is 15.9 Å². The number of hydrogen-bond acceptors (Lipinski definition) is 4. The maximum absolute atomic E-state index is 5.63. The smallest absolute Gasteiger partial charge is 0.238 e. The zero-order valence-corrected chi connectivity index (χ0v) is 12.1. The summed E-state index contributed by atoms with van der Waals surface area (Å²) in [5.74, 6) is 1.28. The zero-order chi connectivity index (χ0) is 12.4. The number of nitrogens with two attached hydrogens (primary N) is 1. The van der Waals surface area contributed by atoms with Crippen molar-refractivity contribution in [3.8, 4) is 11.6 Å². The van der Waals surface area contributed by atoms with Crippen molar-refractivity contribution in [2.45, 2.75) is 6.92 Å². The number of halogens is 2. The van der Waals surface area contributed by atoms with Crippen molar-refractivity contribution in [3.05, 3.63) is 38.9 Å². The van der Waals surface area contributed by atoms with Crippen LogP contribution >= 0.6 is 31.9 Å². The Morgan fingerprint density at radius 1 is 1.24 bits per heavy atom. The number of ether oxygens (including phenoxy) is 1. The van der Waals surface area contributed by atoms with E-state index in [4.69, 9.17) is 10.5 Å². The highest BCUT2D eigenvalue weighted by Crippen LogP contribution is 2.29. The lowest BCUT2D eigenvalue weighted by atomic mass is 10.2. The van der Waals surface area contributed by atoms with Crippen LogP contribution in [0.1, 0.15) is 5.56 Å². The number of anilines is 1. The number of aryl methyl sites for hydroxylation is 1. The van der Waals surface area contributed by atoms with Crippen molar-refractivity contribution in [1.29, 1.82) is 0 Å². The Labute approximate surface area is 115 Å². The second-order valence-electron chi connectivity index (χ2n) is 3.39. The Morgan fingerprint density at radius 2 is 2.00 bits per heavy atom. The summed E-state index contributed by atoms with van der Waals surface area (Å²) >= 11 is 6.74. The molecule has 88 valence electrons. The van der Waals surface area contributed by atoms with E-state index in [0.29, 0.717) is 16.1 Å². The third-order valence-electron chi connectivity index (χ3n) is 2.07. The van der Waals surface area contributed by atoms with Crippen LogP contribution < -0.4 is 10.5 Å². The Hall–Kier alpha value is -1.14. The molecule has 0 aliphatic rings. The molecule has 2 aromatic rings. The van der Waals surface area contributed by atoms with Crippen LogP contribution in [-0.4, -0.2) is 9.97 Å². The molecule has 0 fully saturated rings. The Bertz CT molecular complexity index is 560. The van der Waals surface area contributed by atoms with Gasteiger partial charge in [-0.05, 0) is 46.6 Å². The van der Waals surface area contributed by atoms with Crippen LogP contribution in [0.5, 0.6) is 11.6 Å². The quantitative estimate of drug-likeness (QED) is 0.889. The van der Waals surface area contributed by atoms with Gasteiger partial charge in [-0.15, -0.1) is 0 Å². The third-order valence-corrected chi connectivity index (χ3v) is 3.51. The lowest BCUT2D eigenvalue weighted by Crippen LogP contribution is -1.97. The van der Waals surface area contributed by atoms with E-state index in [1.54, 1.807) is 6.20 Å². The van der Waals surface area contributed by atoms with Gasteiger partial charge in [-0.3, -0.25) is 0 Å². The summed E-state index contributed by atoms with van der Waals surface area (Å²) in [6, 6.07) is 5.68. The maximum Gasteiger partial charge on any atom is 0.238 e. The van der Waals surface area contributed by atoms with Crippen LogP contribution in [0.15, 0.2) is 33.3 Å². The zero-order valence-electron chi connectivity index (χ0n) is 8.95. The lowest BCUT2D eigenvalue weighted by Gasteiger charge is -2.08. The topological polar surface area (TPSA) is 61.0 Å². The van der Waals surface area contributed by atoms with Crippen LogP contribution in [-0.2, 0) is 0 Å². The molecule has 0 amide bonds. The van der Waals surface area contributed by atoms with Gasteiger partial charge in [-0.2, -0.15) is 4.98 Å². The SMILES string of the molecule is Cc1cc(Oc2nc(N)ncc2Br)ccc1Br. The molecular weight excluding hydrogens is 350 g/mol. The van der Waals surface area contributed by atoms with Crippen LogP contribution in [0, 0.1) is 6.92 Å². The molecule has 0 spiro atoms. The monoisotopic (exact) mass is 357 g/mol. The normalized spacial score (nSPS) is 10.3. The molecule has 1 aromatic carbocycles. The van der Waals surface area contributed by atoms with Gasteiger partial charge < -0.3 is 10.5 Å². The van der Waals surface area contributed by atoms with Crippen LogP contribution in [0.2, 0.25) is 0 Å². The number of nitrogen functional groups attached to an aromatic ring is 1. The van der Waals surface area contributed by atoms with Gasteiger partial charge in [-0.25, -0.2) is 4.98 Å². The molecule has 6 heteroatoms. The molecule has 0 aliphatic carbocycles. The molecule has 0 bridgehead atoms. The van der Waals surface area contributed by atoms with Gasteiger partial charge in [0.25, 0.3) is 0 Å². The number of rotatable bonds is 2. The predicted molar refractivity (Wildman–Crippen MR) is 73.1 cm³/mol. The number of benzene rings is 1. The van der Waals surface area contributed by atoms with Gasteiger partial charge in [0.15, 0.2) is 0 Å². The molecule has 0 unspecified atom stereocenters. The molecule has 4 nitrogen and oxygen atoms in total. The Morgan fingerprint density at radius 3 is 2.71 bits per heavy atom. The first-order valence-electron chi connectivity index (χ1n) is 4.78. The molecule has 0 saturated carbocycles. The van der Waals surface area contributed by atoms with Crippen molar-refractivity contribution in [1.82, 2.24) is 9.97 Å². The summed E-state index contributed by atoms with van der Waals surface area (Å²) < 4.78 is 7.32. The summed E-state index contributed by atoms with van der Waals surface area (Å²) in [7, 11) is 0. The predicted octanol–water partition coefficient (Wildman–Crippen LogP) is 3.68. The van der Waals surface area contributed by atoms with Crippen LogP contribution in [0.25, 0.3) is 0 Å². The molecule has 0 radical (unpaired) electrons. The Kier molecular flexibility index (Phi) is 3.63. The van der Waals surface area contributed by atoms with Gasteiger partial charge in [0.2, 0.25) is 11.8 Å². The summed E-state index contributed by atoms with van der Waals surface area (Å²) in [4.78, 5) is 7.85. The van der Waals surface area contributed by atoms with Crippen molar-refractivity contribution in [2.75, 3.05) is 5.73 Å². The first-order valence-corrected chi connectivity index (χ1v) is 6.37. The fourth-order valence-corrected chi connectivity index (χ4v) is 1.75. The minimum atomic E-state index is 0.178. The standard InChI is InChI=1S/C11H9Br2N3O/c1-6-4-7(2-3-8(6)12)17-10-9(13)5-15-11(14)16-10/h2-5H,1H3,(H2,14,15,16). The third kappa shape index (κ3) is 2.95. The first-order chi connectivity index (χ1) is 8.06. The maximum atomic E-state index is 5.63. The van der Waals surface area contributed by atoms with E-state index in [-0.39, 0.29) is 5.95 Å². The van der Waals surface area contributed by atoms with Gasteiger partial charge >= 0.3 is 0 Å².